The molecule has 3 heteroatoms. The first kappa shape index (κ1) is 20.8. The Morgan fingerprint density at radius 3 is 1.69 bits per heavy atom. The van der Waals surface area contributed by atoms with Crippen LogP contribution in [0.2, 0.25) is 0 Å². The Kier molecular flexibility index (Phi) is 7.58. The zero-order valence-corrected chi connectivity index (χ0v) is 18.2. The Morgan fingerprint density at radius 2 is 1.19 bits per heavy atom. The molecule has 0 N–H and O–H groups in total. The quantitative estimate of drug-likeness (QED) is 0.407. The van der Waals surface area contributed by atoms with Crippen LogP contribution in [0.3, 0.4) is 0 Å². The van der Waals surface area contributed by atoms with Crippen LogP contribution in [0.15, 0.2) is 84.9 Å². The average molecular weight is 428 g/mol. The van der Waals surface area contributed by atoms with Gasteiger partial charge in [0.2, 0.25) is 0 Å². The molecule has 0 spiro atoms. The van der Waals surface area contributed by atoms with Gasteiger partial charge in [-0.15, -0.1) is 0 Å². The monoisotopic (exact) mass is 427 g/mol. The van der Waals surface area contributed by atoms with Crippen LogP contribution < -0.4 is 32.9 Å². The predicted octanol–water partition coefficient (Wildman–Crippen LogP) is 1.05. The molecule has 0 fully saturated rings. The maximum Gasteiger partial charge on any atom is 0.104 e. The Bertz CT molecular complexity index is 763. The van der Waals surface area contributed by atoms with Crippen molar-refractivity contribution in [2.75, 3.05) is 20.6 Å². The average Bonchev–Trinajstić information content (AvgIpc) is 2.64. The zero-order valence-electron chi connectivity index (χ0n) is 15.8. The molecule has 0 atom stereocenters. The van der Waals surface area contributed by atoms with E-state index in [-0.39, 0.29) is 17.0 Å². The van der Waals surface area contributed by atoms with Gasteiger partial charge < -0.3 is 21.5 Å². The fourth-order valence-corrected chi connectivity index (χ4v) is 5.37. The molecule has 0 bridgehead atoms. The smallest absolute Gasteiger partial charge is 0.104 e. The molecule has 3 aromatic carbocycles. The van der Waals surface area contributed by atoms with E-state index in [1.165, 1.54) is 21.5 Å². The Labute approximate surface area is 169 Å². The van der Waals surface area contributed by atoms with Gasteiger partial charge in [0.1, 0.15) is 6.54 Å². The van der Waals surface area contributed by atoms with Crippen molar-refractivity contribution in [3.05, 3.63) is 90.5 Å². The van der Waals surface area contributed by atoms with E-state index in [1.807, 2.05) is 0 Å². The van der Waals surface area contributed by atoms with Crippen molar-refractivity contribution >= 4 is 23.8 Å². The van der Waals surface area contributed by atoms with Gasteiger partial charge in [-0.05, 0) is 36.8 Å². The summed E-state index contributed by atoms with van der Waals surface area (Å²) in [6.07, 6.45) is 0. The van der Waals surface area contributed by atoms with E-state index in [2.05, 4.69) is 106 Å². The Balaban J connectivity index is 0.00000243. The summed E-state index contributed by atoms with van der Waals surface area (Å²) in [5.41, 5.74) is 1.42. The number of quaternary nitrogens is 1. The van der Waals surface area contributed by atoms with Gasteiger partial charge in [-0.2, -0.15) is 0 Å². The van der Waals surface area contributed by atoms with E-state index in [1.54, 1.807) is 0 Å². The maximum absolute atomic E-state index is 2.42. The standard InChI is InChI=1S/C23H27NP.BrH/c1-4-24(2,3)19-20-12-11-17-23(18-20)25(21-13-7-5-8-14-21)22-15-9-6-10-16-22;/h5-18H,4,19H2,1-3H3;1H/q+1;/p-1. The van der Waals surface area contributed by atoms with Crippen LogP contribution in [0, 0.1) is 0 Å². The summed E-state index contributed by atoms with van der Waals surface area (Å²) in [5, 5.41) is 4.25. The van der Waals surface area contributed by atoms with Crippen molar-refractivity contribution < 1.29 is 21.5 Å². The van der Waals surface area contributed by atoms with Crippen LogP contribution in [0.5, 0.6) is 0 Å². The first-order valence-corrected chi connectivity index (χ1v) is 10.2. The van der Waals surface area contributed by atoms with Crippen LogP contribution in [0.25, 0.3) is 0 Å². The van der Waals surface area contributed by atoms with Gasteiger partial charge in [-0.1, -0.05) is 78.9 Å². The van der Waals surface area contributed by atoms with Crippen molar-refractivity contribution in [1.29, 1.82) is 0 Å². The summed E-state index contributed by atoms with van der Waals surface area (Å²) in [7, 11) is 4.08. The summed E-state index contributed by atoms with van der Waals surface area (Å²) < 4.78 is 1.01. The lowest BCUT2D eigenvalue weighted by Crippen LogP contribution is -3.00. The largest absolute Gasteiger partial charge is 1.00 e. The second-order valence-electron chi connectivity index (χ2n) is 7.09. The number of halogens is 1. The van der Waals surface area contributed by atoms with E-state index in [9.17, 15) is 0 Å². The lowest BCUT2D eigenvalue weighted by Gasteiger charge is -2.28. The van der Waals surface area contributed by atoms with E-state index in [0.717, 1.165) is 17.6 Å². The molecule has 0 radical (unpaired) electrons. The van der Waals surface area contributed by atoms with Gasteiger partial charge in [0, 0.05) is 5.56 Å². The van der Waals surface area contributed by atoms with Gasteiger partial charge in [0.15, 0.2) is 0 Å². The van der Waals surface area contributed by atoms with Crippen LogP contribution in [-0.4, -0.2) is 25.1 Å². The third kappa shape index (κ3) is 5.27. The summed E-state index contributed by atoms with van der Waals surface area (Å²) in [6, 6.07) is 31.0. The van der Waals surface area contributed by atoms with Crippen LogP contribution >= 0.6 is 7.92 Å². The molecule has 1 nitrogen and oxygen atoms in total. The minimum atomic E-state index is -0.515. The van der Waals surface area contributed by atoms with E-state index >= 15 is 0 Å². The highest BCUT2D eigenvalue weighted by Crippen LogP contribution is 2.32. The molecule has 0 heterocycles. The van der Waals surface area contributed by atoms with E-state index in [4.69, 9.17) is 0 Å². The molecule has 3 aromatic rings. The minimum absolute atomic E-state index is 0. The topological polar surface area (TPSA) is 0 Å². The first-order valence-electron chi connectivity index (χ1n) is 8.90. The number of nitrogens with zero attached hydrogens (tertiary/aromatic N) is 1. The SMILES string of the molecule is CC[N+](C)(C)Cc1cccc(P(c2ccccc2)c2ccccc2)c1.[Br-]. The van der Waals surface area contributed by atoms with Gasteiger partial charge in [0.05, 0.1) is 20.6 Å². The highest BCUT2D eigenvalue weighted by atomic mass is 79.9. The van der Waals surface area contributed by atoms with Gasteiger partial charge in [0.25, 0.3) is 0 Å². The molecule has 0 amide bonds. The van der Waals surface area contributed by atoms with E-state index < -0.39 is 7.92 Å². The molecule has 26 heavy (non-hydrogen) atoms. The third-order valence-corrected chi connectivity index (χ3v) is 7.09. The summed E-state index contributed by atoms with van der Waals surface area (Å²) in [6.45, 7) is 4.46. The molecule has 0 saturated carbocycles. The molecule has 0 saturated heterocycles. The Morgan fingerprint density at radius 1 is 0.692 bits per heavy atom. The minimum Gasteiger partial charge on any atom is -1.00 e. The van der Waals surface area contributed by atoms with Crippen molar-refractivity contribution in [1.82, 2.24) is 0 Å². The summed E-state index contributed by atoms with van der Waals surface area (Å²) in [4.78, 5) is 0. The van der Waals surface area contributed by atoms with Crippen LogP contribution in [0.1, 0.15) is 12.5 Å². The summed E-state index contributed by atoms with van der Waals surface area (Å²) >= 11 is 0. The maximum atomic E-state index is 2.42. The molecule has 136 valence electrons. The lowest BCUT2D eigenvalue weighted by atomic mass is 10.2. The number of hydrogen-bond donors (Lipinski definition) is 0. The van der Waals surface area contributed by atoms with Crippen molar-refractivity contribution in [3.63, 3.8) is 0 Å². The van der Waals surface area contributed by atoms with Crippen LogP contribution in [0.4, 0.5) is 0 Å². The third-order valence-electron chi connectivity index (χ3n) is 4.66. The van der Waals surface area contributed by atoms with E-state index in [0.29, 0.717) is 0 Å². The molecule has 0 aliphatic heterocycles. The van der Waals surface area contributed by atoms with Gasteiger partial charge in [-0.3, -0.25) is 0 Å². The molecule has 0 aliphatic rings. The molecular weight excluding hydrogens is 401 g/mol. The Hall–Kier alpha value is -1.47. The second-order valence-corrected chi connectivity index (χ2v) is 9.31. The second kappa shape index (κ2) is 9.46. The van der Waals surface area contributed by atoms with Crippen molar-refractivity contribution in [2.45, 2.75) is 13.5 Å². The fraction of sp³-hybridized carbons (Fsp3) is 0.217. The highest BCUT2D eigenvalue weighted by Gasteiger charge is 2.18. The number of rotatable bonds is 6. The van der Waals surface area contributed by atoms with Crippen LogP contribution in [-0.2, 0) is 6.54 Å². The predicted molar refractivity (Wildman–Crippen MR) is 112 cm³/mol. The summed E-state index contributed by atoms with van der Waals surface area (Å²) in [5.74, 6) is 0. The van der Waals surface area contributed by atoms with Gasteiger partial charge >= 0.3 is 0 Å². The van der Waals surface area contributed by atoms with Crippen molar-refractivity contribution in [2.24, 2.45) is 0 Å². The number of benzene rings is 3. The van der Waals surface area contributed by atoms with Crippen molar-refractivity contribution in [3.8, 4) is 0 Å². The zero-order chi connectivity index (χ0) is 17.7. The molecule has 3 rings (SSSR count). The fourth-order valence-electron chi connectivity index (χ4n) is 3.00. The molecule has 0 aliphatic carbocycles. The molecular formula is C23H27BrNP. The number of hydrogen-bond acceptors (Lipinski definition) is 0. The highest BCUT2D eigenvalue weighted by molar-refractivity contribution is 7.79. The lowest BCUT2D eigenvalue weighted by molar-refractivity contribution is -0.901. The first-order chi connectivity index (χ1) is 12.1. The molecule has 0 unspecified atom stereocenters. The molecule has 0 aromatic heterocycles. The normalized spacial score (nSPS) is 11.2. The van der Waals surface area contributed by atoms with Gasteiger partial charge in [-0.25, -0.2) is 0 Å².